The first-order chi connectivity index (χ1) is 9.49. The molecule has 110 valence electrons. The Balaban J connectivity index is 2.81. The second-order valence-electron chi connectivity index (χ2n) is 4.36. The molecule has 1 amide bonds. The maximum atomic E-state index is 12.2. The van der Waals surface area contributed by atoms with Crippen LogP contribution in [0, 0.1) is 0 Å². The molecule has 20 heavy (non-hydrogen) atoms. The van der Waals surface area contributed by atoms with Crippen molar-refractivity contribution in [1.82, 2.24) is 4.90 Å². The van der Waals surface area contributed by atoms with Crippen LogP contribution in [-0.4, -0.2) is 60.4 Å². The molecule has 0 bridgehead atoms. The van der Waals surface area contributed by atoms with Gasteiger partial charge in [-0.05, 0) is 12.1 Å². The number of rotatable bonds is 6. The predicted molar refractivity (Wildman–Crippen MR) is 73.8 cm³/mol. The molecule has 0 aliphatic heterocycles. The molecule has 0 fully saturated rings. The number of hydrogen-bond acceptors (Lipinski definition) is 5. The molecule has 0 saturated carbocycles. The van der Waals surface area contributed by atoms with Crippen LogP contribution in [0.25, 0.3) is 0 Å². The maximum Gasteiger partial charge on any atom is 0.253 e. The van der Waals surface area contributed by atoms with Gasteiger partial charge in [-0.1, -0.05) is 17.3 Å². The van der Waals surface area contributed by atoms with Crippen LogP contribution in [0.5, 0.6) is 0 Å². The average Bonchev–Trinajstić information content (AvgIpc) is 2.45. The van der Waals surface area contributed by atoms with E-state index in [1.807, 2.05) is 0 Å². The lowest BCUT2D eigenvalue weighted by Gasteiger charge is -2.20. The van der Waals surface area contributed by atoms with Gasteiger partial charge in [-0.15, -0.1) is 0 Å². The zero-order valence-electron chi connectivity index (χ0n) is 11.5. The number of likely N-dealkylation sites (N-methyl/N-ethyl adjacent to an activating group) is 1. The highest BCUT2D eigenvalue weighted by atomic mass is 16.5. The Morgan fingerprint density at radius 3 is 2.75 bits per heavy atom. The summed E-state index contributed by atoms with van der Waals surface area (Å²) in [6.07, 6.45) is -0.749. The molecule has 1 rings (SSSR count). The van der Waals surface area contributed by atoms with E-state index in [0.717, 1.165) is 0 Å². The minimum Gasteiger partial charge on any atom is -0.409 e. The van der Waals surface area contributed by atoms with Crippen molar-refractivity contribution in [2.75, 3.05) is 27.3 Å². The van der Waals surface area contributed by atoms with E-state index in [9.17, 15) is 9.90 Å². The first kappa shape index (κ1) is 15.9. The molecule has 4 N–H and O–H groups in total. The van der Waals surface area contributed by atoms with Crippen molar-refractivity contribution in [3.8, 4) is 0 Å². The molecule has 0 radical (unpaired) electrons. The highest BCUT2D eigenvalue weighted by Crippen LogP contribution is 2.08. The standard InChI is InChI=1S/C13H19N3O4/c1-16(7-11(17)8-20-2)13(18)10-5-3-4-9(6-10)12(14)15-19/h3-6,11,17,19H,7-8H2,1-2H3,(H2,14,15). The normalized spacial score (nSPS) is 13.1. The van der Waals surface area contributed by atoms with Crippen LogP contribution < -0.4 is 5.73 Å². The number of amides is 1. The Bertz CT molecular complexity index is 490. The van der Waals surface area contributed by atoms with Gasteiger partial charge < -0.3 is 25.7 Å². The van der Waals surface area contributed by atoms with Gasteiger partial charge in [-0.3, -0.25) is 4.79 Å². The molecule has 1 unspecified atom stereocenters. The minimum absolute atomic E-state index is 0.0679. The summed E-state index contributed by atoms with van der Waals surface area (Å²) in [5.74, 6) is -0.338. The topological polar surface area (TPSA) is 108 Å². The third-order valence-electron chi connectivity index (χ3n) is 2.70. The molecule has 0 aliphatic rings. The van der Waals surface area contributed by atoms with Crippen molar-refractivity contribution in [3.63, 3.8) is 0 Å². The van der Waals surface area contributed by atoms with Crippen LogP contribution in [0.4, 0.5) is 0 Å². The quantitative estimate of drug-likeness (QED) is 0.291. The van der Waals surface area contributed by atoms with Gasteiger partial charge in [0.1, 0.15) is 0 Å². The van der Waals surface area contributed by atoms with Gasteiger partial charge >= 0.3 is 0 Å². The Kier molecular flexibility index (Phi) is 5.95. The summed E-state index contributed by atoms with van der Waals surface area (Å²) < 4.78 is 4.81. The monoisotopic (exact) mass is 281 g/mol. The van der Waals surface area contributed by atoms with Crippen LogP contribution in [0.1, 0.15) is 15.9 Å². The number of aliphatic hydroxyl groups is 1. The van der Waals surface area contributed by atoms with Gasteiger partial charge in [0.2, 0.25) is 0 Å². The lowest BCUT2D eigenvalue weighted by molar-refractivity contribution is 0.0380. The Morgan fingerprint density at radius 1 is 1.50 bits per heavy atom. The van der Waals surface area contributed by atoms with Gasteiger partial charge in [-0.25, -0.2) is 0 Å². The van der Waals surface area contributed by atoms with Crippen molar-refractivity contribution in [3.05, 3.63) is 35.4 Å². The predicted octanol–water partition coefficient (Wildman–Crippen LogP) is -0.140. The third-order valence-corrected chi connectivity index (χ3v) is 2.70. The molecule has 0 saturated heterocycles. The fraction of sp³-hybridized carbons (Fsp3) is 0.385. The number of nitrogens with two attached hydrogens (primary N) is 1. The number of hydrogen-bond donors (Lipinski definition) is 3. The smallest absolute Gasteiger partial charge is 0.253 e. The number of oxime groups is 1. The summed E-state index contributed by atoms with van der Waals surface area (Å²) >= 11 is 0. The molecule has 0 heterocycles. The molecule has 1 aromatic carbocycles. The van der Waals surface area contributed by atoms with Crippen LogP contribution in [0.2, 0.25) is 0 Å². The Labute approximate surface area is 117 Å². The molecule has 7 heteroatoms. The maximum absolute atomic E-state index is 12.2. The van der Waals surface area contributed by atoms with E-state index in [0.29, 0.717) is 11.1 Å². The first-order valence-corrected chi connectivity index (χ1v) is 6.00. The van der Waals surface area contributed by atoms with Gasteiger partial charge in [0.05, 0.1) is 12.7 Å². The second-order valence-corrected chi connectivity index (χ2v) is 4.36. The van der Waals surface area contributed by atoms with E-state index in [1.54, 1.807) is 25.2 Å². The summed E-state index contributed by atoms with van der Waals surface area (Å²) in [5.41, 5.74) is 6.32. The van der Waals surface area contributed by atoms with Crippen LogP contribution >= 0.6 is 0 Å². The van der Waals surface area contributed by atoms with E-state index in [-0.39, 0.29) is 24.9 Å². The Hall–Kier alpha value is -2.12. The van der Waals surface area contributed by atoms with Gasteiger partial charge in [0, 0.05) is 31.8 Å². The fourth-order valence-electron chi connectivity index (χ4n) is 1.73. The van der Waals surface area contributed by atoms with E-state index < -0.39 is 6.10 Å². The number of benzene rings is 1. The summed E-state index contributed by atoms with van der Waals surface area (Å²) in [7, 11) is 3.06. The number of carbonyl (C=O) groups excluding carboxylic acids is 1. The van der Waals surface area contributed by atoms with Gasteiger partial charge in [0.15, 0.2) is 5.84 Å². The largest absolute Gasteiger partial charge is 0.409 e. The van der Waals surface area contributed by atoms with Crippen LogP contribution in [0.3, 0.4) is 0 Å². The molecule has 0 aromatic heterocycles. The fourth-order valence-corrected chi connectivity index (χ4v) is 1.73. The van der Waals surface area contributed by atoms with Crippen LogP contribution in [-0.2, 0) is 4.74 Å². The van der Waals surface area contributed by atoms with E-state index >= 15 is 0 Å². The number of carbonyl (C=O) groups is 1. The van der Waals surface area contributed by atoms with E-state index in [4.69, 9.17) is 15.7 Å². The molecular weight excluding hydrogens is 262 g/mol. The first-order valence-electron chi connectivity index (χ1n) is 6.00. The lowest BCUT2D eigenvalue weighted by Crippen LogP contribution is -2.36. The SMILES string of the molecule is COCC(O)CN(C)C(=O)c1cccc(C(N)=NO)c1. The Morgan fingerprint density at radius 2 is 2.15 bits per heavy atom. The lowest BCUT2D eigenvalue weighted by atomic mass is 10.1. The number of ether oxygens (including phenoxy) is 1. The zero-order valence-corrected chi connectivity index (χ0v) is 11.5. The van der Waals surface area contributed by atoms with Crippen molar-refractivity contribution in [2.24, 2.45) is 10.9 Å². The number of amidine groups is 1. The van der Waals surface area contributed by atoms with Crippen molar-refractivity contribution in [1.29, 1.82) is 0 Å². The summed E-state index contributed by atoms with van der Waals surface area (Å²) in [5, 5.41) is 21.1. The highest BCUT2D eigenvalue weighted by Gasteiger charge is 2.16. The molecule has 1 atom stereocenters. The summed E-state index contributed by atoms with van der Waals surface area (Å²) in [4.78, 5) is 13.6. The second kappa shape index (κ2) is 7.46. The van der Waals surface area contributed by atoms with Gasteiger partial charge in [0.25, 0.3) is 5.91 Å². The third kappa shape index (κ3) is 4.22. The molecule has 0 spiro atoms. The van der Waals surface area contributed by atoms with Crippen LogP contribution in [0.15, 0.2) is 29.4 Å². The van der Waals surface area contributed by atoms with E-state index in [2.05, 4.69) is 5.16 Å². The minimum atomic E-state index is -0.749. The summed E-state index contributed by atoms with van der Waals surface area (Å²) in [6.45, 7) is 0.308. The van der Waals surface area contributed by atoms with Crippen molar-refractivity contribution in [2.45, 2.75) is 6.10 Å². The number of aliphatic hydroxyl groups excluding tert-OH is 1. The van der Waals surface area contributed by atoms with E-state index in [1.165, 1.54) is 18.1 Å². The zero-order chi connectivity index (χ0) is 15.1. The molecule has 1 aromatic rings. The molecule has 0 aliphatic carbocycles. The number of nitrogens with zero attached hydrogens (tertiary/aromatic N) is 2. The van der Waals surface area contributed by atoms with Crippen molar-refractivity contribution < 1.29 is 19.8 Å². The number of methoxy groups -OCH3 is 1. The van der Waals surface area contributed by atoms with Crippen molar-refractivity contribution >= 4 is 11.7 Å². The van der Waals surface area contributed by atoms with Gasteiger partial charge in [-0.2, -0.15) is 0 Å². The molecular formula is C13H19N3O4. The summed E-state index contributed by atoms with van der Waals surface area (Å²) in [6, 6.07) is 6.41. The molecule has 7 nitrogen and oxygen atoms in total. The highest BCUT2D eigenvalue weighted by molar-refractivity contribution is 6.01. The average molecular weight is 281 g/mol.